The number of nitrogens with zero attached hydrogens (tertiary/aromatic N) is 2. The van der Waals surface area contributed by atoms with E-state index in [1.54, 1.807) is 0 Å². The van der Waals surface area contributed by atoms with Crippen molar-refractivity contribution in [1.82, 2.24) is 9.80 Å². The molecule has 1 aromatic carbocycles. The number of rotatable bonds is 4. The summed E-state index contributed by atoms with van der Waals surface area (Å²) in [6.07, 6.45) is 4.72. The molecule has 25 heavy (non-hydrogen) atoms. The Hall–Kier alpha value is -1.65. The molecule has 1 aromatic rings. The number of ether oxygens (including phenoxy) is 1. The highest BCUT2D eigenvalue weighted by Crippen LogP contribution is 2.45. The molecule has 4 rings (SSSR count). The van der Waals surface area contributed by atoms with Crippen LogP contribution in [0.1, 0.15) is 24.8 Å². The van der Waals surface area contributed by atoms with Crippen LogP contribution in [0.15, 0.2) is 43.0 Å². The lowest BCUT2D eigenvalue weighted by atomic mass is 9.68. The predicted molar refractivity (Wildman–Crippen MR) is 98.4 cm³/mol. The summed E-state index contributed by atoms with van der Waals surface area (Å²) in [6.45, 7) is 9.35. The van der Waals surface area contributed by atoms with Gasteiger partial charge in [-0.15, -0.1) is 6.58 Å². The highest BCUT2D eigenvalue weighted by atomic mass is 16.5. The SMILES string of the molecule is C=CCN1C[C@@H]2CN(C(=O)[C@H]3CCCO3)CC[C@]2(c2ccccc2)C1. The number of piperidine rings is 1. The van der Waals surface area contributed by atoms with Crippen LogP contribution in [0.25, 0.3) is 0 Å². The van der Waals surface area contributed by atoms with Crippen LogP contribution >= 0.6 is 0 Å². The number of benzene rings is 1. The van der Waals surface area contributed by atoms with Crippen LogP contribution < -0.4 is 0 Å². The molecule has 134 valence electrons. The Labute approximate surface area is 150 Å². The van der Waals surface area contributed by atoms with Crippen molar-refractivity contribution in [3.63, 3.8) is 0 Å². The number of hydrogen-bond acceptors (Lipinski definition) is 3. The van der Waals surface area contributed by atoms with E-state index in [-0.39, 0.29) is 17.4 Å². The summed E-state index contributed by atoms with van der Waals surface area (Å²) < 4.78 is 5.63. The average molecular weight is 340 g/mol. The van der Waals surface area contributed by atoms with E-state index in [0.717, 1.165) is 58.6 Å². The molecule has 0 bridgehead atoms. The van der Waals surface area contributed by atoms with Crippen LogP contribution in [-0.2, 0) is 14.9 Å². The number of fused-ring (bicyclic) bond motifs is 1. The molecule has 0 N–H and O–H groups in total. The molecular formula is C21H28N2O2. The second-order valence-corrected chi connectivity index (χ2v) is 7.74. The molecule has 4 heteroatoms. The Morgan fingerprint density at radius 1 is 1.32 bits per heavy atom. The first-order chi connectivity index (χ1) is 12.2. The Morgan fingerprint density at radius 3 is 2.88 bits per heavy atom. The Kier molecular flexibility index (Phi) is 4.65. The first kappa shape index (κ1) is 16.8. The fourth-order valence-electron chi connectivity index (χ4n) is 5.03. The minimum Gasteiger partial charge on any atom is -0.368 e. The van der Waals surface area contributed by atoms with Gasteiger partial charge in [-0.2, -0.15) is 0 Å². The van der Waals surface area contributed by atoms with Gasteiger partial charge in [0.25, 0.3) is 5.91 Å². The molecule has 0 radical (unpaired) electrons. The smallest absolute Gasteiger partial charge is 0.251 e. The minimum atomic E-state index is -0.199. The maximum absolute atomic E-state index is 12.8. The van der Waals surface area contributed by atoms with Gasteiger partial charge in [0.2, 0.25) is 0 Å². The van der Waals surface area contributed by atoms with E-state index < -0.39 is 0 Å². The second kappa shape index (κ2) is 6.93. The molecule has 1 amide bonds. The van der Waals surface area contributed by atoms with Crippen LogP contribution in [-0.4, -0.2) is 61.1 Å². The van der Waals surface area contributed by atoms with Gasteiger partial charge in [0, 0.05) is 50.7 Å². The van der Waals surface area contributed by atoms with Crippen molar-refractivity contribution >= 4 is 5.91 Å². The van der Waals surface area contributed by atoms with Gasteiger partial charge in [0.1, 0.15) is 6.10 Å². The van der Waals surface area contributed by atoms with Gasteiger partial charge in [-0.1, -0.05) is 36.4 Å². The predicted octanol–water partition coefficient (Wildman–Crippen LogP) is 2.45. The summed E-state index contributed by atoms with van der Waals surface area (Å²) in [6, 6.07) is 10.9. The van der Waals surface area contributed by atoms with Gasteiger partial charge in [-0.25, -0.2) is 0 Å². The molecule has 0 unspecified atom stereocenters. The summed E-state index contributed by atoms with van der Waals surface area (Å²) in [5, 5.41) is 0. The third kappa shape index (κ3) is 3.02. The van der Waals surface area contributed by atoms with Crippen molar-refractivity contribution in [2.45, 2.75) is 30.8 Å². The molecular weight excluding hydrogens is 312 g/mol. The zero-order valence-corrected chi connectivity index (χ0v) is 14.9. The number of amides is 1. The average Bonchev–Trinajstić information content (AvgIpc) is 3.29. The van der Waals surface area contributed by atoms with Gasteiger partial charge in [-0.3, -0.25) is 9.69 Å². The van der Waals surface area contributed by atoms with Crippen LogP contribution in [0.2, 0.25) is 0 Å². The molecule has 3 heterocycles. The summed E-state index contributed by atoms with van der Waals surface area (Å²) in [7, 11) is 0. The fourth-order valence-corrected chi connectivity index (χ4v) is 5.03. The number of carbonyl (C=O) groups is 1. The number of carbonyl (C=O) groups excluding carboxylic acids is 1. The molecule has 0 spiro atoms. The molecule has 3 atom stereocenters. The molecule has 0 aromatic heterocycles. The van der Waals surface area contributed by atoms with E-state index in [0.29, 0.717) is 5.92 Å². The highest BCUT2D eigenvalue weighted by Gasteiger charge is 2.51. The van der Waals surface area contributed by atoms with E-state index in [1.807, 2.05) is 6.08 Å². The maximum atomic E-state index is 12.8. The van der Waals surface area contributed by atoms with Crippen molar-refractivity contribution in [1.29, 1.82) is 0 Å². The van der Waals surface area contributed by atoms with Gasteiger partial charge in [-0.05, 0) is 24.8 Å². The van der Waals surface area contributed by atoms with Crippen molar-refractivity contribution in [2.75, 3.05) is 39.3 Å². The summed E-state index contributed by atoms with van der Waals surface area (Å²) in [5.74, 6) is 0.690. The van der Waals surface area contributed by atoms with Gasteiger partial charge < -0.3 is 9.64 Å². The van der Waals surface area contributed by atoms with E-state index >= 15 is 0 Å². The normalized spacial score (nSPS) is 32.6. The van der Waals surface area contributed by atoms with Crippen molar-refractivity contribution < 1.29 is 9.53 Å². The van der Waals surface area contributed by atoms with Gasteiger partial charge in [0.15, 0.2) is 0 Å². The fraction of sp³-hybridized carbons (Fsp3) is 0.571. The first-order valence-corrected chi connectivity index (χ1v) is 9.52. The zero-order valence-electron chi connectivity index (χ0n) is 14.9. The van der Waals surface area contributed by atoms with Gasteiger partial charge >= 0.3 is 0 Å². The lowest BCUT2D eigenvalue weighted by Gasteiger charge is -2.44. The topological polar surface area (TPSA) is 32.8 Å². The first-order valence-electron chi connectivity index (χ1n) is 9.52. The quantitative estimate of drug-likeness (QED) is 0.790. The third-order valence-corrected chi connectivity index (χ3v) is 6.29. The lowest BCUT2D eigenvalue weighted by Crippen LogP contribution is -2.53. The van der Waals surface area contributed by atoms with Crippen LogP contribution in [0, 0.1) is 5.92 Å². The van der Waals surface area contributed by atoms with E-state index in [9.17, 15) is 4.79 Å². The largest absolute Gasteiger partial charge is 0.368 e. The zero-order chi connectivity index (χ0) is 17.3. The van der Waals surface area contributed by atoms with Crippen molar-refractivity contribution in [3.05, 3.63) is 48.6 Å². The number of likely N-dealkylation sites (tertiary alicyclic amines) is 2. The Morgan fingerprint density at radius 2 is 2.16 bits per heavy atom. The summed E-state index contributed by atoms with van der Waals surface area (Å²) in [5.41, 5.74) is 1.59. The summed E-state index contributed by atoms with van der Waals surface area (Å²) in [4.78, 5) is 17.4. The molecule has 3 aliphatic heterocycles. The Bertz CT molecular complexity index is 626. The maximum Gasteiger partial charge on any atom is 0.251 e. The molecule has 3 aliphatic rings. The molecule has 3 fully saturated rings. The molecule has 3 saturated heterocycles. The molecule has 0 saturated carbocycles. The third-order valence-electron chi connectivity index (χ3n) is 6.29. The molecule has 0 aliphatic carbocycles. The lowest BCUT2D eigenvalue weighted by molar-refractivity contribution is -0.143. The minimum absolute atomic E-state index is 0.164. The molecule has 4 nitrogen and oxygen atoms in total. The monoisotopic (exact) mass is 340 g/mol. The van der Waals surface area contributed by atoms with Crippen molar-refractivity contribution in [3.8, 4) is 0 Å². The van der Waals surface area contributed by atoms with E-state index in [2.05, 4.69) is 46.7 Å². The summed E-state index contributed by atoms with van der Waals surface area (Å²) >= 11 is 0. The number of hydrogen-bond donors (Lipinski definition) is 0. The van der Waals surface area contributed by atoms with Crippen molar-refractivity contribution in [2.24, 2.45) is 5.92 Å². The van der Waals surface area contributed by atoms with Gasteiger partial charge in [0.05, 0.1) is 0 Å². The highest BCUT2D eigenvalue weighted by molar-refractivity contribution is 5.81. The van der Waals surface area contributed by atoms with Crippen LogP contribution in [0.5, 0.6) is 0 Å². The van der Waals surface area contributed by atoms with Crippen LogP contribution in [0.3, 0.4) is 0 Å². The second-order valence-electron chi connectivity index (χ2n) is 7.74. The standard InChI is InChI=1S/C21H28N2O2/c1-2-11-22-14-18-15-23(20(24)19-9-6-13-25-19)12-10-21(18,16-22)17-7-4-3-5-8-17/h2-5,7-8,18-19H,1,6,9-16H2/t18-,19-,21-/m1/s1. The van der Waals surface area contributed by atoms with E-state index in [4.69, 9.17) is 4.74 Å². The van der Waals surface area contributed by atoms with E-state index in [1.165, 1.54) is 5.56 Å². The van der Waals surface area contributed by atoms with Crippen LogP contribution in [0.4, 0.5) is 0 Å². The Balaban J connectivity index is 1.56.